The largest absolute Gasteiger partial charge is 0.493 e. The Balaban J connectivity index is 1.88. The van der Waals surface area contributed by atoms with Gasteiger partial charge in [0, 0.05) is 18.1 Å². The predicted octanol–water partition coefficient (Wildman–Crippen LogP) is 4.30. The van der Waals surface area contributed by atoms with Crippen LogP contribution in [0.1, 0.15) is 36.6 Å². The van der Waals surface area contributed by atoms with Gasteiger partial charge in [-0.25, -0.2) is 0 Å². The zero-order valence-corrected chi connectivity index (χ0v) is 17.2. The molecule has 0 bridgehead atoms. The first-order valence-electron chi connectivity index (χ1n) is 9.71. The summed E-state index contributed by atoms with van der Waals surface area (Å²) < 4.78 is 11.7. The van der Waals surface area contributed by atoms with E-state index in [9.17, 15) is 0 Å². The van der Waals surface area contributed by atoms with Gasteiger partial charge in [0.05, 0.1) is 13.2 Å². The molecule has 5 heteroatoms. The van der Waals surface area contributed by atoms with Crippen LogP contribution in [0.25, 0.3) is 0 Å². The summed E-state index contributed by atoms with van der Waals surface area (Å²) in [5.41, 5.74) is 3.60. The maximum Gasteiger partial charge on any atom is 0.161 e. The minimum absolute atomic E-state index is 0.0680. The molecule has 1 unspecified atom stereocenters. The summed E-state index contributed by atoms with van der Waals surface area (Å²) in [5, 5.41) is 4.38. The minimum atomic E-state index is 0.0680. The Morgan fingerprint density at radius 2 is 1.89 bits per heavy atom. The molecule has 0 saturated carbocycles. The summed E-state index contributed by atoms with van der Waals surface area (Å²) in [6.07, 6.45) is 0.965. The monoisotopic (exact) mass is 388 g/mol. The number of halogens is 1. The maximum atomic E-state index is 6.47. The van der Waals surface area contributed by atoms with Crippen LogP contribution in [0.5, 0.6) is 11.5 Å². The van der Waals surface area contributed by atoms with Crippen molar-refractivity contribution in [3.63, 3.8) is 0 Å². The molecule has 0 aromatic heterocycles. The van der Waals surface area contributed by atoms with E-state index in [-0.39, 0.29) is 6.04 Å². The normalized spacial score (nSPS) is 16.3. The van der Waals surface area contributed by atoms with Crippen molar-refractivity contribution in [1.82, 2.24) is 10.2 Å². The first-order valence-corrected chi connectivity index (χ1v) is 10.1. The van der Waals surface area contributed by atoms with E-state index in [0.717, 1.165) is 54.7 Å². The third-order valence-electron chi connectivity index (χ3n) is 5.26. The fourth-order valence-electron chi connectivity index (χ4n) is 3.65. The molecule has 4 nitrogen and oxygen atoms in total. The second-order valence-electron chi connectivity index (χ2n) is 6.74. The Labute approximate surface area is 167 Å². The van der Waals surface area contributed by atoms with Crippen LogP contribution in [0.3, 0.4) is 0 Å². The van der Waals surface area contributed by atoms with E-state index in [2.05, 4.69) is 42.3 Å². The Hall–Kier alpha value is -1.75. The van der Waals surface area contributed by atoms with Crippen LogP contribution in [0.2, 0.25) is 5.02 Å². The van der Waals surface area contributed by atoms with E-state index in [1.165, 1.54) is 11.1 Å². The van der Waals surface area contributed by atoms with Crippen molar-refractivity contribution in [2.24, 2.45) is 0 Å². The van der Waals surface area contributed by atoms with Gasteiger partial charge in [0.25, 0.3) is 0 Å². The van der Waals surface area contributed by atoms with Gasteiger partial charge in [-0.2, -0.15) is 0 Å². The number of methoxy groups -OCH3 is 1. The van der Waals surface area contributed by atoms with Gasteiger partial charge in [-0.05, 0) is 54.4 Å². The highest BCUT2D eigenvalue weighted by Crippen LogP contribution is 2.39. The molecule has 0 aliphatic carbocycles. The summed E-state index contributed by atoms with van der Waals surface area (Å²) in [4.78, 5) is 2.35. The van der Waals surface area contributed by atoms with Crippen LogP contribution in [0.4, 0.5) is 0 Å². The Kier molecular flexibility index (Phi) is 7.00. The molecule has 0 fully saturated rings. The van der Waals surface area contributed by atoms with Crippen LogP contribution in [-0.2, 0) is 6.42 Å². The predicted molar refractivity (Wildman–Crippen MR) is 111 cm³/mol. The fourth-order valence-corrected chi connectivity index (χ4v) is 3.89. The van der Waals surface area contributed by atoms with Gasteiger partial charge >= 0.3 is 0 Å². The molecule has 0 spiro atoms. The van der Waals surface area contributed by atoms with E-state index < -0.39 is 0 Å². The lowest BCUT2D eigenvalue weighted by Crippen LogP contribution is -2.31. The van der Waals surface area contributed by atoms with Gasteiger partial charge in [-0.15, -0.1) is 0 Å². The lowest BCUT2D eigenvalue weighted by atomic mass is 9.89. The van der Waals surface area contributed by atoms with Crippen LogP contribution >= 0.6 is 11.6 Å². The fraction of sp³-hybridized carbons (Fsp3) is 0.455. The molecule has 0 radical (unpaired) electrons. The summed E-state index contributed by atoms with van der Waals surface area (Å²) in [6.45, 7) is 8.85. The molecule has 1 aliphatic heterocycles. The van der Waals surface area contributed by atoms with Crippen molar-refractivity contribution >= 4 is 11.6 Å². The molecule has 1 aliphatic rings. The van der Waals surface area contributed by atoms with E-state index in [0.29, 0.717) is 6.61 Å². The number of nitrogens with zero attached hydrogens (tertiary/aromatic N) is 1. The number of benzene rings is 2. The minimum Gasteiger partial charge on any atom is -0.493 e. The zero-order chi connectivity index (χ0) is 19.2. The SMILES string of the molecule is CCN(CC)CCOc1cc2c(cc1OC)CCNC2c1ccccc1Cl. The third kappa shape index (κ3) is 4.57. The number of hydrogen-bond donors (Lipinski definition) is 1. The first kappa shape index (κ1) is 20.0. The zero-order valence-electron chi connectivity index (χ0n) is 16.4. The molecular weight excluding hydrogens is 360 g/mol. The molecular formula is C22H29ClN2O2. The smallest absolute Gasteiger partial charge is 0.161 e. The van der Waals surface area contributed by atoms with Gasteiger partial charge in [0.2, 0.25) is 0 Å². The highest BCUT2D eigenvalue weighted by Gasteiger charge is 2.25. The highest BCUT2D eigenvalue weighted by atomic mass is 35.5. The van der Waals surface area contributed by atoms with Crippen molar-refractivity contribution < 1.29 is 9.47 Å². The van der Waals surface area contributed by atoms with Crippen molar-refractivity contribution in [2.75, 3.05) is 39.9 Å². The molecule has 2 aromatic rings. The van der Waals surface area contributed by atoms with Crippen LogP contribution < -0.4 is 14.8 Å². The second-order valence-corrected chi connectivity index (χ2v) is 7.14. The second kappa shape index (κ2) is 9.45. The quantitative estimate of drug-likeness (QED) is 0.730. The molecule has 2 aromatic carbocycles. The van der Waals surface area contributed by atoms with Crippen molar-refractivity contribution in [3.05, 3.63) is 58.1 Å². The topological polar surface area (TPSA) is 33.7 Å². The van der Waals surface area contributed by atoms with Gasteiger partial charge in [-0.1, -0.05) is 43.6 Å². The molecule has 1 heterocycles. The number of rotatable bonds is 8. The average Bonchev–Trinajstić information content (AvgIpc) is 2.70. The van der Waals surface area contributed by atoms with Gasteiger partial charge in [-0.3, -0.25) is 0 Å². The van der Waals surface area contributed by atoms with E-state index in [1.54, 1.807) is 7.11 Å². The third-order valence-corrected chi connectivity index (χ3v) is 5.60. The number of nitrogens with one attached hydrogen (secondary N) is 1. The van der Waals surface area contributed by atoms with Crippen LogP contribution in [0, 0.1) is 0 Å². The standard InChI is InChI=1S/C22H29ClN2O2/c1-4-25(5-2)12-13-27-21-15-18-16(14-20(21)26-3)10-11-24-22(18)17-8-6-7-9-19(17)23/h6-9,14-15,22,24H,4-5,10-13H2,1-3H3. The van der Waals surface area contributed by atoms with Gasteiger partial charge < -0.3 is 19.7 Å². The van der Waals surface area contributed by atoms with Crippen LogP contribution in [0.15, 0.2) is 36.4 Å². The van der Waals surface area contributed by atoms with Crippen LogP contribution in [-0.4, -0.2) is 44.8 Å². The summed E-state index contributed by atoms with van der Waals surface area (Å²) >= 11 is 6.47. The molecule has 0 amide bonds. The molecule has 1 N–H and O–H groups in total. The summed E-state index contributed by atoms with van der Waals surface area (Å²) in [5.74, 6) is 1.59. The molecule has 27 heavy (non-hydrogen) atoms. The van der Waals surface area contributed by atoms with Gasteiger partial charge in [0.1, 0.15) is 6.61 Å². The number of hydrogen-bond acceptors (Lipinski definition) is 4. The first-order chi connectivity index (χ1) is 13.2. The Morgan fingerprint density at radius 3 is 2.59 bits per heavy atom. The molecule has 0 saturated heterocycles. The van der Waals surface area contributed by atoms with E-state index in [1.807, 2.05) is 18.2 Å². The lowest BCUT2D eigenvalue weighted by molar-refractivity contribution is 0.217. The maximum absolute atomic E-state index is 6.47. The van der Waals surface area contributed by atoms with Crippen molar-refractivity contribution in [2.45, 2.75) is 26.3 Å². The van der Waals surface area contributed by atoms with Crippen molar-refractivity contribution in [1.29, 1.82) is 0 Å². The van der Waals surface area contributed by atoms with E-state index in [4.69, 9.17) is 21.1 Å². The van der Waals surface area contributed by atoms with E-state index >= 15 is 0 Å². The average molecular weight is 389 g/mol. The van der Waals surface area contributed by atoms with Crippen molar-refractivity contribution in [3.8, 4) is 11.5 Å². The Bertz CT molecular complexity index is 762. The molecule has 3 rings (SSSR count). The molecule has 146 valence electrons. The highest BCUT2D eigenvalue weighted by molar-refractivity contribution is 6.31. The lowest BCUT2D eigenvalue weighted by Gasteiger charge is -2.29. The molecule has 1 atom stereocenters. The number of ether oxygens (including phenoxy) is 2. The Morgan fingerprint density at radius 1 is 1.11 bits per heavy atom. The van der Waals surface area contributed by atoms with Gasteiger partial charge in [0.15, 0.2) is 11.5 Å². The summed E-state index contributed by atoms with van der Waals surface area (Å²) in [6, 6.07) is 12.3. The number of fused-ring (bicyclic) bond motifs is 1. The number of likely N-dealkylation sites (N-methyl/N-ethyl adjacent to an activating group) is 1. The summed E-state index contributed by atoms with van der Waals surface area (Å²) in [7, 11) is 1.70.